The molecule has 1 aliphatic heterocycles. The van der Waals surface area contributed by atoms with Gasteiger partial charge < -0.3 is 20.4 Å². The molecule has 1 fully saturated rings. The van der Waals surface area contributed by atoms with Gasteiger partial charge in [0.2, 0.25) is 11.8 Å². The van der Waals surface area contributed by atoms with Gasteiger partial charge in [-0.15, -0.1) is 0 Å². The number of aliphatic hydroxyl groups excluding tert-OH is 2. The summed E-state index contributed by atoms with van der Waals surface area (Å²) in [6.45, 7) is -0.250. The molecule has 1 rings (SSSR count). The van der Waals surface area contributed by atoms with Gasteiger partial charge in [-0.25, -0.2) is 0 Å². The summed E-state index contributed by atoms with van der Waals surface area (Å²) >= 11 is 0. The molecule has 0 bridgehead atoms. The van der Waals surface area contributed by atoms with Crippen molar-refractivity contribution < 1.29 is 39.6 Å². The number of unbranched alkanes of at least 4 members (excludes halogenated alkanes) is 1. The molecule has 0 spiro atoms. The smallest absolute Gasteiger partial charge is 0.303 e. The van der Waals surface area contributed by atoms with Crippen molar-refractivity contribution in [3.8, 4) is 0 Å². The molecular weight excluding hydrogens is 286 g/mol. The van der Waals surface area contributed by atoms with Crippen LogP contribution in [0.25, 0.3) is 0 Å². The molecule has 1 saturated heterocycles. The average Bonchev–Trinajstić information content (AvgIpc) is 2.79. The van der Waals surface area contributed by atoms with E-state index in [1.807, 2.05) is 0 Å². The third-order valence-electron chi connectivity index (χ3n) is 1.99. The van der Waals surface area contributed by atoms with E-state index in [9.17, 15) is 19.2 Å². The normalized spacial score (nSPS) is 12.5. The monoisotopic (exact) mass is 307 g/mol. The number of hydrogen-bond donors (Lipinski definition) is 5. The fraction of sp³-hybridized carbons (Fsp3) is 0.667. The summed E-state index contributed by atoms with van der Waals surface area (Å²) in [4.78, 5) is 40.0. The molecule has 5 N–H and O–H groups in total. The average molecular weight is 307 g/mol. The highest BCUT2D eigenvalue weighted by molar-refractivity contribution is 6.01. The van der Waals surface area contributed by atoms with Crippen molar-refractivity contribution in [1.29, 1.82) is 0 Å². The van der Waals surface area contributed by atoms with Gasteiger partial charge in [0.25, 0.3) is 0 Å². The number of amides is 2. The number of hydrogen-bond acceptors (Lipinski definition) is 6. The summed E-state index contributed by atoms with van der Waals surface area (Å²) in [5.74, 6) is -2.04. The van der Waals surface area contributed by atoms with Crippen LogP contribution >= 0.6 is 0 Å². The molecule has 0 aromatic rings. The molecule has 0 saturated carbocycles. The lowest BCUT2D eigenvalue weighted by molar-refractivity contribution is -0.139. The van der Waals surface area contributed by atoms with Crippen LogP contribution in [0.2, 0.25) is 0 Å². The molecule has 0 aromatic carbocycles. The lowest BCUT2D eigenvalue weighted by Crippen LogP contribution is -2.18. The maximum absolute atomic E-state index is 10.1. The van der Waals surface area contributed by atoms with E-state index in [1.165, 1.54) is 0 Å². The first-order chi connectivity index (χ1) is 9.83. The van der Waals surface area contributed by atoms with Gasteiger partial charge in [-0.1, -0.05) is 0 Å². The topological polar surface area (TPSA) is 161 Å². The van der Waals surface area contributed by atoms with E-state index in [0.717, 1.165) is 0 Å². The summed E-state index contributed by atoms with van der Waals surface area (Å²) < 4.78 is 0. The minimum absolute atomic E-state index is 0.0628. The Morgan fingerprint density at radius 2 is 1.19 bits per heavy atom. The van der Waals surface area contributed by atoms with E-state index >= 15 is 0 Å². The van der Waals surface area contributed by atoms with Gasteiger partial charge in [-0.05, 0) is 12.8 Å². The second-order valence-electron chi connectivity index (χ2n) is 3.91. The Morgan fingerprint density at radius 1 is 0.857 bits per heavy atom. The Bertz CT molecular complexity index is 310. The van der Waals surface area contributed by atoms with Crippen LogP contribution in [-0.2, 0) is 19.2 Å². The zero-order chi connectivity index (χ0) is 16.7. The van der Waals surface area contributed by atoms with Crippen molar-refractivity contribution in [1.82, 2.24) is 5.32 Å². The summed E-state index contributed by atoms with van der Waals surface area (Å²) in [7, 11) is 0. The Kier molecular flexibility index (Phi) is 14.6. The van der Waals surface area contributed by atoms with Gasteiger partial charge in [-0.2, -0.15) is 0 Å². The molecule has 0 atom stereocenters. The fourth-order valence-corrected chi connectivity index (χ4v) is 1.06. The summed E-state index contributed by atoms with van der Waals surface area (Å²) in [5, 5.41) is 33.7. The quantitative estimate of drug-likeness (QED) is 0.312. The Morgan fingerprint density at radius 3 is 1.33 bits per heavy atom. The number of carbonyl (C=O) groups is 4. The second-order valence-corrected chi connectivity index (χ2v) is 3.91. The highest BCUT2D eigenvalue weighted by Gasteiger charge is 2.15. The van der Waals surface area contributed by atoms with E-state index in [1.54, 1.807) is 0 Å². The predicted molar refractivity (Wildman–Crippen MR) is 70.3 cm³/mol. The molecule has 0 aromatic heterocycles. The summed E-state index contributed by atoms with van der Waals surface area (Å²) in [6, 6.07) is 0. The Hall–Kier alpha value is -2.00. The standard InChI is InChI=1S/C6H10O4.C4H5NO2.C2H6O2/c7-5(8)3-1-2-4-6(9)10;6-3-1-2-4(7)5-3;3-1-2-4/h1-4H2,(H,7,8)(H,9,10);1-2H2,(H,5,6,7);3-4H,1-2H2. The maximum atomic E-state index is 10.1. The number of carbonyl (C=O) groups excluding carboxylic acids is 2. The van der Waals surface area contributed by atoms with Crippen molar-refractivity contribution in [2.75, 3.05) is 13.2 Å². The molecule has 21 heavy (non-hydrogen) atoms. The Balaban J connectivity index is 0. The van der Waals surface area contributed by atoms with Crippen LogP contribution in [0.15, 0.2) is 0 Å². The molecule has 0 aliphatic carbocycles. The van der Waals surface area contributed by atoms with Crippen molar-refractivity contribution in [3.63, 3.8) is 0 Å². The van der Waals surface area contributed by atoms with Gasteiger partial charge in [0.15, 0.2) is 0 Å². The van der Waals surface area contributed by atoms with Gasteiger partial charge in [0.05, 0.1) is 13.2 Å². The lowest BCUT2D eigenvalue weighted by atomic mass is 10.2. The number of aliphatic carboxylic acids is 2. The van der Waals surface area contributed by atoms with Crippen molar-refractivity contribution in [3.05, 3.63) is 0 Å². The van der Waals surface area contributed by atoms with Crippen LogP contribution in [0.5, 0.6) is 0 Å². The number of nitrogens with one attached hydrogen (secondary N) is 1. The van der Waals surface area contributed by atoms with E-state index in [0.29, 0.717) is 25.7 Å². The van der Waals surface area contributed by atoms with Crippen LogP contribution < -0.4 is 5.32 Å². The fourth-order valence-electron chi connectivity index (χ4n) is 1.06. The molecule has 1 heterocycles. The highest BCUT2D eigenvalue weighted by Crippen LogP contribution is 1.98. The number of rotatable bonds is 6. The lowest BCUT2D eigenvalue weighted by Gasteiger charge is -1.92. The molecule has 1 aliphatic rings. The van der Waals surface area contributed by atoms with E-state index in [2.05, 4.69) is 5.32 Å². The molecule has 9 heteroatoms. The van der Waals surface area contributed by atoms with E-state index in [4.69, 9.17) is 20.4 Å². The second kappa shape index (κ2) is 14.4. The largest absolute Gasteiger partial charge is 0.481 e. The number of imide groups is 1. The minimum Gasteiger partial charge on any atom is -0.481 e. The first-order valence-corrected chi connectivity index (χ1v) is 6.31. The van der Waals surface area contributed by atoms with Gasteiger partial charge >= 0.3 is 11.9 Å². The molecular formula is C12H21NO8. The molecule has 122 valence electrons. The summed E-state index contributed by atoms with van der Waals surface area (Å²) in [6.07, 6.45) is 1.77. The van der Waals surface area contributed by atoms with Crippen molar-refractivity contribution in [2.24, 2.45) is 0 Å². The van der Waals surface area contributed by atoms with Crippen molar-refractivity contribution in [2.45, 2.75) is 38.5 Å². The molecule has 0 radical (unpaired) electrons. The molecule has 0 unspecified atom stereocenters. The van der Waals surface area contributed by atoms with E-state index < -0.39 is 11.9 Å². The zero-order valence-electron chi connectivity index (χ0n) is 11.6. The summed E-state index contributed by atoms with van der Waals surface area (Å²) in [5.41, 5.74) is 0. The first kappa shape index (κ1) is 21.3. The minimum atomic E-state index is -0.870. The predicted octanol–water partition coefficient (Wildman–Crippen LogP) is -0.890. The highest BCUT2D eigenvalue weighted by atomic mass is 16.4. The number of aliphatic hydroxyl groups is 2. The zero-order valence-corrected chi connectivity index (χ0v) is 11.6. The van der Waals surface area contributed by atoms with E-state index in [-0.39, 0.29) is 37.9 Å². The van der Waals surface area contributed by atoms with Gasteiger partial charge in [0.1, 0.15) is 0 Å². The van der Waals surface area contributed by atoms with Crippen LogP contribution in [0.1, 0.15) is 38.5 Å². The Labute approximate surface area is 121 Å². The van der Waals surface area contributed by atoms with Gasteiger partial charge in [0, 0.05) is 25.7 Å². The van der Waals surface area contributed by atoms with Crippen molar-refractivity contribution >= 4 is 23.8 Å². The first-order valence-electron chi connectivity index (χ1n) is 6.31. The SMILES string of the molecule is O=C(O)CCCCC(=O)O.O=C1CCC(=O)N1.OCCO. The van der Waals surface area contributed by atoms with Crippen LogP contribution in [-0.4, -0.2) is 57.4 Å². The number of carboxylic acid groups (broad SMARTS) is 2. The van der Waals surface area contributed by atoms with Crippen LogP contribution in [0.4, 0.5) is 0 Å². The third-order valence-corrected chi connectivity index (χ3v) is 1.99. The van der Waals surface area contributed by atoms with Gasteiger partial charge in [-0.3, -0.25) is 24.5 Å². The number of carboxylic acids is 2. The molecule has 9 nitrogen and oxygen atoms in total. The van der Waals surface area contributed by atoms with Crippen LogP contribution in [0, 0.1) is 0 Å². The molecule has 2 amide bonds. The maximum Gasteiger partial charge on any atom is 0.303 e. The van der Waals surface area contributed by atoms with Crippen LogP contribution in [0.3, 0.4) is 0 Å². The third kappa shape index (κ3) is 20.5.